The van der Waals surface area contributed by atoms with Crippen LogP contribution in [0.25, 0.3) is 0 Å². The van der Waals surface area contributed by atoms with E-state index in [0.717, 1.165) is 0 Å². The Morgan fingerprint density at radius 1 is 1.00 bits per heavy atom. The summed E-state index contributed by atoms with van der Waals surface area (Å²) >= 11 is 4.03. The molecule has 1 amide bonds. The normalized spacial score (nSPS) is 15.8. The number of fused-ring (bicyclic) bond motifs is 6. The molecular formula is C23H18N2O6S. The van der Waals surface area contributed by atoms with E-state index in [9.17, 15) is 19.8 Å². The van der Waals surface area contributed by atoms with Gasteiger partial charge in [0.15, 0.2) is 5.60 Å². The minimum absolute atomic E-state index is 0.0226. The second kappa shape index (κ2) is 7.18. The third-order valence-electron chi connectivity index (χ3n) is 5.57. The summed E-state index contributed by atoms with van der Waals surface area (Å²) in [5.74, 6) is -0.295. The number of anilines is 1. The SMILES string of the molecule is N[C@@H](CS)C(=O)Nc1ccc2c(c1)C(=O)OC21c2ccc(O)cc2Oc2cc(O)ccc21. The van der Waals surface area contributed by atoms with Crippen molar-refractivity contribution in [2.24, 2.45) is 5.73 Å². The highest BCUT2D eigenvalue weighted by molar-refractivity contribution is 7.80. The number of benzene rings is 3. The van der Waals surface area contributed by atoms with E-state index >= 15 is 0 Å². The largest absolute Gasteiger partial charge is 0.508 e. The minimum atomic E-state index is -1.35. The van der Waals surface area contributed by atoms with Crippen LogP contribution in [0.2, 0.25) is 0 Å². The van der Waals surface area contributed by atoms with Gasteiger partial charge >= 0.3 is 5.97 Å². The van der Waals surface area contributed by atoms with Gasteiger partial charge in [0.2, 0.25) is 5.91 Å². The summed E-state index contributed by atoms with van der Waals surface area (Å²) in [7, 11) is 0. The standard InChI is InChI=1S/C23H18N2O6S/c24-18(10-32)21(28)25-11-1-4-15-14(7-11)22(29)31-23(15)16-5-2-12(26)8-19(16)30-20-9-13(27)3-6-17(20)23/h1-9,18,26-27,32H,10,24H2,(H,25,28)/t18-/m0/s1. The maximum atomic E-state index is 13.0. The zero-order valence-corrected chi connectivity index (χ0v) is 17.4. The van der Waals surface area contributed by atoms with Gasteiger partial charge in [-0.15, -0.1) is 0 Å². The number of carbonyl (C=O) groups excluding carboxylic acids is 2. The lowest BCUT2D eigenvalue weighted by Gasteiger charge is -2.36. The van der Waals surface area contributed by atoms with Crippen LogP contribution in [0, 0.1) is 0 Å². The van der Waals surface area contributed by atoms with Crippen LogP contribution in [0.15, 0.2) is 54.6 Å². The summed E-state index contributed by atoms with van der Waals surface area (Å²) in [5.41, 5.74) is 6.61. The molecule has 0 aliphatic carbocycles. The highest BCUT2D eigenvalue weighted by Gasteiger charge is 2.53. The van der Waals surface area contributed by atoms with Gasteiger partial charge in [0.05, 0.1) is 11.6 Å². The number of nitrogens with two attached hydrogens (primary N) is 1. The van der Waals surface area contributed by atoms with Crippen LogP contribution >= 0.6 is 12.6 Å². The Morgan fingerprint density at radius 3 is 2.19 bits per heavy atom. The molecule has 0 bridgehead atoms. The fourth-order valence-corrected chi connectivity index (χ4v) is 4.27. The summed E-state index contributed by atoms with van der Waals surface area (Å²) in [6.45, 7) is 0. The molecule has 1 atom stereocenters. The fraction of sp³-hybridized carbons (Fsp3) is 0.130. The van der Waals surface area contributed by atoms with E-state index < -0.39 is 23.5 Å². The molecule has 0 saturated carbocycles. The first-order valence-corrected chi connectivity index (χ1v) is 10.4. The van der Waals surface area contributed by atoms with Crippen LogP contribution in [0.1, 0.15) is 27.0 Å². The average molecular weight is 450 g/mol. The first-order chi connectivity index (χ1) is 15.3. The molecule has 0 unspecified atom stereocenters. The number of amides is 1. The Hall–Kier alpha value is -3.69. The molecule has 5 rings (SSSR count). The van der Waals surface area contributed by atoms with Gasteiger partial charge in [0, 0.05) is 40.3 Å². The van der Waals surface area contributed by atoms with Crippen molar-refractivity contribution in [2.75, 3.05) is 11.1 Å². The molecule has 3 aromatic rings. The zero-order chi connectivity index (χ0) is 22.6. The number of aromatic hydroxyl groups is 2. The number of thiol groups is 1. The van der Waals surface area contributed by atoms with Gasteiger partial charge in [-0.25, -0.2) is 4.79 Å². The molecule has 32 heavy (non-hydrogen) atoms. The second-order valence-corrected chi connectivity index (χ2v) is 7.94. The van der Waals surface area contributed by atoms with E-state index in [-0.39, 0.29) is 22.8 Å². The van der Waals surface area contributed by atoms with Crippen LogP contribution in [0.4, 0.5) is 5.69 Å². The van der Waals surface area contributed by atoms with E-state index in [1.165, 1.54) is 30.3 Å². The number of carbonyl (C=O) groups is 2. The molecule has 3 aromatic carbocycles. The quantitative estimate of drug-likeness (QED) is 0.306. The number of esters is 1. The smallest absolute Gasteiger partial charge is 0.340 e. The zero-order valence-electron chi connectivity index (χ0n) is 16.5. The third-order valence-corrected chi connectivity index (χ3v) is 5.97. The predicted molar refractivity (Wildman–Crippen MR) is 118 cm³/mol. The Morgan fingerprint density at radius 2 is 1.59 bits per heavy atom. The lowest BCUT2D eigenvalue weighted by atomic mass is 9.77. The second-order valence-electron chi connectivity index (χ2n) is 7.57. The molecule has 2 aliphatic rings. The fourth-order valence-electron chi connectivity index (χ4n) is 4.10. The molecule has 0 saturated heterocycles. The van der Waals surface area contributed by atoms with E-state index in [4.69, 9.17) is 15.2 Å². The number of hydrogen-bond acceptors (Lipinski definition) is 8. The molecular weight excluding hydrogens is 432 g/mol. The monoisotopic (exact) mass is 450 g/mol. The van der Waals surface area contributed by atoms with Crippen molar-refractivity contribution < 1.29 is 29.3 Å². The first kappa shape index (κ1) is 20.2. The van der Waals surface area contributed by atoms with Gasteiger partial charge in [-0.05, 0) is 36.4 Å². The van der Waals surface area contributed by atoms with Gasteiger partial charge < -0.3 is 30.7 Å². The number of nitrogens with one attached hydrogen (secondary N) is 1. The van der Waals surface area contributed by atoms with E-state index in [1.807, 2.05) is 0 Å². The topological polar surface area (TPSA) is 131 Å². The van der Waals surface area contributed by atoms with Crippen LogP contribution in [0.3, 0.4) is 0 Å². The van der Waals surface area contributed by atoms with Crippen molar-refractivity contribution in [3.63, 3.8) is 0 Å². The molecule has 2 aliphatic heterocycles. The van der Waals surface area contributed by atoms with Crippen molar-refractivity contribution in [1.82, 2.24) is 0 Å². The highest BCUT2D eigenvalue weighted by Crippen LogP contribution is 2.57. The number of phenols is 2. The van der Waals surface area contributed by atoms with Gasteiger partial charge in [-0.1, -0.05) is 6.07 Å². The summed E-state index contributed by atoms with van der Waals surface area (Å²) in [6.07, 6.45) is 0. The summed E-state index contributed by atoms with van der Waals surface area (Å²) in [5, 5.41) is 22.6. The minimum Gasteiger partial charge on any atom is -0.508 e. The number of hydrogen-bond donors (Lipinski definition) is 5. The Labute approximate surface area is 188 Å². The summed E-state index contributed by atoms with van der Waals surface area (Å²) < 4.78 is 11.9. The van der Waals surface area contributed by atoms with Crippen LogP contribution < -0.4 is 15.8 Å². The lowest BCUT2D eigenvalue weighted by molar-refractivity contribution is -0.116. The van der Waals surface area contributed by atoms with Gasteiger partial charge in [0.1, 0.15) is 23.0 Å². The van der Waals surface area contributed by atoms with Crippen LogP contribution in [-0.2, 0) is 15.1 Å². The Bertz CT molecular complexity index is 1240. The van der Waals surface area contributed by atoms with E-state index in [0.29, 0.717) is 33.9 Å². The number of ether oxygens (including phenoxy) is 2. The first-order valence-electron chi connectivity index (χ1n) is 9.73. The predicted octanol–water partition coefficient (Wildman–Crippen LogP) is 2.86. The van der Waals surface area contributed by atoms with E-state index in [2.05, 4.69) is 17.9 Å². The third kappa shape index (κ3) is 2.89. The molecule has 1 spiro atoms. The van der Waals surface area contributed by atoms with Gasteiger partial charge in [-0.3, -0.25) is 4.79 Å². The summed E-state index contributed by atoms with van der Waals surface area (Å²) in [6, 6.07) is 13.1. The molecule has 0 aromatic heterocycles. The Kier molecular flexibility index (Phi) is 4.54. The molecule has 162 valence electrons. The maximum Gasteiger partial charge on any atom is 0.340 e. The molecule has 9 heteroatoms. The number of rotatable bonds is 3. The van der Waals surface area contributed by atoms with Crippen LogP contribution in [0.5, 0.6) is 23.0 Å². The molecule has 2 heterocycles. The average Bonchev–Trinajstić information content (AvgIpc) is 3.05. The van der Waals surface area contributed by atoms with E-state index in [1.54, 1.807) is 24.3 Å². The van der Waals surface area contributed by atoms with Crippen molar-refractivity contribution in [2.45, 2.75) is 11.6 Å². The van der Waals surface area contributed by atoms with Crippen molar-refractivity contribution >= 4 is 30.2 Å². The highest BCUT2D eigenvalue weighted by atomic mass is 32.1. The van der Waals surface area contributed by atoms with Crippen molar-refractivity contribution in [1.29, 1.82) is 0 Å². The maximum absolute atomic E-state index is 13.0. The lowest BCUT2D eigenvalue weighted by Crippen LogP contribution is -2.37. The van der Waals surface area contributed by atoms with Crippen molar-refractivity contribution in [3.8, 4) is 23.0 Å². The molecule has 5 N–H and O–H groups in total. The molecule has 0 radical (unpaired) electrons. The van der Waals surface area contributed by atoms with Crippen LogP contribution in [-0.4, -0.2) is 33.9 Å². The summed E-state index contributed by atoms with van der Waals surface area (Å²) in [4.78, 5) is 25.2. The Balaban J connectivity index is 1.69. The molecule has 0 fully saturated rings. The van der Waals surface area contributed by atoms with Crippen molar-refractivity contribution in [3.05, 3.63) is 76.9 Å². The van der Waals surface area contributed by atoms with Gasteiger partial charge in [0.25, 0.3) is 0 Å². The van der Waals surface area contributed by atoms with Gasteiger partial charge in [-0.2, -0.15) is 12.6 Å². The number of phenolic OH excluding ortho intramolecular Hbond substituents is 2. The molecule has 8 nitrogen and oxygen atoms in total.